The van der Waals surface area contributed by atoms with E-state index in [2.05, 4.69) is 10.3 Å². The smallest absolute Gasteiger partial charge is 0.338 e. The summed E-state index contributed by atoms with van der Waals surface area (Å²) in [5.74, 6) is 0.535. The van der Waals surface area contributed by atoms with Gasteiger partial charge in [-0.2, -0.15) is 0 Å². The minimum Gasteiger partial charge on any atom is -0.493 e. The summed E-state index contributed by atoms with van der Waals surface area (Å²) in [6, 6.07) is 5.02. The first-order valence-electron chi connectivity index (χ1n) is 11.5. The summed E-state index contributed by atoms with van der Waals surface area (Å²) < 4.78 is 21.4. The van der Waals surface area contributed by atoms with E-state index in [1.807, 2.05) is 36.3 Å². The number of hydrogen-bond donors (Lipinski definition) is 1. The minimum atomic E-state index is -0.560. The van der Waals surface area contributed by atoms with E-state index in [1.165, 1.54) is 11.8 Å². The third-order valence-corrected chi connectivity index (χ3v) is 6.71. The molecule has 0 unspecified atom stereocenters. The second kappa shape index (κ2) is 12.1. The summed E-state index contributed by atoms with van der Waals surface area (Å²) in [7, 11) is 4.68. The molecule has 1 aromatic carbocycles. The Morgan fingerprint density at radius 1 is 1.17 bits per heavy atom. The molecule has 0 fully saturated rings. The maximum atomic E-state index is 13.3. The first-order valence-corrected chi connectivity index (χ1v) is 12.3. The second-order valence-corrected chi connectivity index (χ2v) is 9.03. The standard InChI is InChI=1S/C25H33N3O6S/c1-7-15(2)26-21(29)13-18-14-35-25-27-16(3)22(24(30)34-11-10-31-4)23(28(18)25)17-8-9-19(32-5)20(12-17)33-6/h8-9,12,14-15,23H,7,10-11,13H2,1-6H3,(H,26,29)/t15-,23+/m1/s1. The van der Waals surface area contributed by atoms with Crippen molar-refractivity contribution in [2.45, 2.75) is 45.7 Å². The molecule has 0 saturated heterocycles. The van der Waals surface area contributed by atoms with Crippen molar-refractivity contribution in [3.63, 3.8) is 0 Å². The highest BCUT2D eigenvalue weighted by Crippen LogP contribution is 2.46. The Morgan fingerprint density at radius 3 is 2.57 bits per heavy atom. The van der Waals surface area contributed by atoms with E-state index in [-0.39, 0.29) is 31.6 Å². The number of carbonyl (C=O) groups excluding carboxylic acids is 2. The first-order chi connectivity index (χ1) is 16.8. The minimum absolute atomic E-state index is 0.0711. The van der Waals surface area contributed by atoms with Gasteiger partial charge < -0.3 is 29.2 Å². The molecule has 0 aliphatic carbocycles. The van der Waals surface area contributed by atoms with Gasteiger partial charge in [-0.1, -0.05) is 24.8 Å². The lowest BCUT2D eigenvalue weighted by molar-refractivity contribution is -0.141. The van der Waals surface area contributed by atoms with E-state index in [4.69, 9.17) is 18.9 Å². The largest absolute Gasteiger partial charge is 0.493 e. The number of thioether (sulfide) groups is 1. The molecule has 2 atom stereocenters. The van der Waals surface area contributed by atoms with Crippen molar-refractivity contribution in [1.29, 1.82) is 0 Å². The highest BCUT2D eigenvalue weighted by atomic mass is 32.2. The Labute approximate surface area is 210 Å². The zero-order valence-electron chi connectivity index (χ0n) is 21.0. The molecule has 2 aliphatic heterocycles. The number of ether oxygens (including phenoxy) is 4. The van der Waals surface area contributed by atoms with Gasteiger partial charge in [0.25, 0.3) is 0 Å². The van der Waals surface area contributed by atoms with Gasteiger partial charge in [-0.25, -0.2) is 9.79 Å². The third-order valence-electron chi connectivity index (χ3n) is 5.83. The van der Waals surface area contributed by atoms with E-state index in [9.17, 15) is 9.59 Å². The number of nitrogens with zero attached hydrogens (tertiary/aromatic N) is 2. The monoisotopic (exact) mass is 503 g/mol. The van der Waals surface area contributed by atoms with Gasteiger partial charge in [-0.3, -0.25) is 4.79 Å². The molecule has 0 spiro atoms. The highest BCUT2D eigenvalue weighted by molar-refractivity contribution is 8.16. The number of benzene rings is 1. The quantitative estimate of drug-likeness (QED) is 0.360. The Kier molecular flexibility index (Phi) is 9.22. The van der Waals surface area contributed by atoms with Gasteiger partial charge in [-0.15, -0.1) is 0 Å². The molecule has 1 N–H and O–H groups in total. The molecular formula is C25H33N3O6S. The lowest BCUT2D eigenvalue weighted by Crippen LogP contribution is -2.39. The van der Waals surface area contributed by atoms with Crippen LogP contribution in [0.25, 0.3) is 0 Å². The summed E-state index contributed by atoms with van der Waals surface area (Å²) in [4.78, 5) is 32.6. The lowest BCUT2D eigenvalue weighted by atomic mass is 9.93. The molecule has 2 heterocycles. The van der Waals surface area contributed by atoms with Crippen LogP contribution in [-0.4, -0.2) is 62.5 Å². The topological polar surface area (TPSA) is 98.7 Å². The highest BCUT2D eigenvalue weighted by Gasteiger charge is 2.41. The molecule has 190 valence electrons. The number of amides is 1. The van der Waals surface area contributed by atoms with E-state index < -0.39 is 12.0 Å². The summed E-state index contributed by atoms with van der Waals surface area (Å²) in [5, 5.41) is 5.62. The molecule has 0 aromatic heterocycles. The molecule has 35 heavy (non-hydrogen) atoms. The Bertz CT molecular complexity index is 1050. The fourth-order valence-corrected chi connectivity index (χ4v) is 4.82. The van der Waals surface area contributed by atoms with E-state index in [1.54, 1.807) is 34.3 Å². The van der Waals surface area contributed by atoms with Gasteiger partial charge >= 0.3 is 5.97 Å². The van der Waals surface area contributed by atoms with Crippen LogP contribution in [-0.2, 0) is 19.1 Å². The zero-order chi connectivity index (χ0) is 25.5. The number of carbonyl (C=O) groups is 2. The molecule has 0 bridgehead atoms. The molecule has 3 rings (SSSR count). The first kappa shape index (κ1) is 26.6. The molecule has 0 saturated carbocycles. The molecule has 1 amide bonds. The average Bonchev–Trinajstić information content (AvgIpc) is 3.24. The SMILES string of the molecule is CC[C@@H](C)NC(=O)CC1=CSC2=NC(C)=C(C(=O)OCCOC)[C@H](c3ccc(OC)c(OC)c3)N12. The normalized spacial score (nSPS) is 17.9. The molecule has 9 nitrogen and oxygen atoms in total. The van der Waals surface area contributed by atoms with Crippen molar-refractivity contribution in [2.24, 2.45) is 4.99 Å². The van der Waals surface area contributed by atoms with E-state index in [0.717, 1.165) is 17.7 Å². The summed E-state index contributed by atoms with van der Waals surface area (Å²) in [6.45, 7) is 6.19. The van der Waals surface area contributed by atoms with E-state index in [0.29, 0.717) is 27.9 Å². The maximum absolute atomic E-state index is 13.3. The molecular weight excluding hydrogens is 470 g/mol. The van der Waals surface area contributed by atoms with Crippen LogP contribution in [0.15, 0.2) is 45.6 Å². The molecule has 1 aromatic rings. The summed E-state index contributed by atoms with van der Waals surface area (Å²) in [6.07, 6.45) is 0.995. The van der Waals surface area contributed by atoms with Crippen LogP contribution in [0.5, 0.6) is 11.5 Å². The number of allylic oxidation sites excluding steroid dienone is 1. The summed E-state index contributed by atoms with van der Waals surface area (Å²) >= 11 is 1.43. The van der Waals surface area contributed by atoms with Crippen LogP contribution in [0.3, 0.4) is 0 Å². The molecule has 10 heteroatoms. The molecule has 2 aliphatic rings. The van der Waals surface area contributed by atoms with Crippen molar-refractivity contribution < 1.29 is 28.5 Å². The van der Waals surface area contributed by atoms with Crippen LogP contribution in [0.1, 0.15) is 45.2 Å². The fourth-order valence-electron chi connectivity index (χ4n) is 3.86. The number of fused-ring (bicyclic) bond motifs is 1. The number of rotatable bonds is 11. The van der Waals surface area contributed by atoms with Crippen molar-refractivity contribution in [3.8, 4) is 11.5 Å². The van der Waals surface area contributed by atoms with Crippen LogP contribution >= 0.6 is 11.8 Å². The van der Waals surface area contributed by atoms with Crippen LogP contribution in [0.4, 0.5) is 0 Å². The average molecular weight is 504 g/mol. The Morgan fingerprint density at radius 2 is 1.91 bits per heavy atom. The fraction of sp³-hybridized carbons (Fsp3) is 0.480. The number of aliphatic imine (C=N–C) groups is 1. The number of hydrogen-bond acceptors (Lipinski definition) is 9. The maximum Gasteiger partial charge on any atom is 0.338 e. The Balaban J connectivity index is 2.03. The van der Waals surface area contributed by atoms with Gasteiger partial charge in [0.15, 0.2) is 16.7 Å². The predicted octanol–water partition coefficient (Wildman–Crippen LogP) is 3.77. The van der Waals surface area contributed by atoms with Crippen molar-refractivity contribution in [3.05, 3.63) is 46.1 Å². The molecule has 0 radical (unpaired) electrons. The number of amidine groups is 1. The summed E-state index contributed by atoms with van der Waals surface area (Å²) in [5.41, 5.74) is 2.49. The lowest BCUT2D eigenvalue weighted by Gasteiger charge is -2.36. The van der Waals surface area contributed by atoms with Crippen LogP contribution in [0.2, 0.25) is 0 Å². The number of nitrogens with one attached hydrogen (secondary N) is 1. The van der Waals surface area contributed by atoms with Crippen molar-refractivity contribution >= 4 is 28.8 Å². The van der Waals surface area contributed by atoms with E-state index >= 15 is 0 Å². The van der Waals surface area contributed by atoms with Crippen molar-refractivity contribution in [1.82, 2.24) is 10.2 Å². The predicted molar refractivity (Wildman–Crippen MR) is 135 cm³/mol. The third kappa shape index (κ3) is 5.99. The van der Waals surface area contributed by atoms with Gasteiger partial charge in [0.2, 0.25) is 5.91 Å². The van der Waals surface area contributed by atoms with Crippen LogP contribution in [0, 0.1) is 0 Å². The van der Waals surface area contributed by atoms with Gasteiger partial charge in [0.1, 0.15) is 6.61 Å². The van der Waals surface area contributed by atoms with Gasteiger partial charge in [0, 0.05) is 18.8 Å². The second-order valence-electron chi connectivity index (χ2n) is 8.19. The van der Waals surface area contributed by atoms with Crippen molar-refractivity contribution in [2.75, 3.05) is 34.5 Å². The van der Waals surface area contributed by atoms with Gasteiger partial charge in [0.05, 0.1) is 44.6 Å². The zero-order valence-corrected chi connectivity index (χ0v) is 21.9. The number of esters is 1. The van der Waals surface area contributed by atoms with Gasteiger partial charge in [-0.05, 0) is 43.4 Å². The number of methoxy groups -OCH3 is 3. The van der Waals surface area contributed by atoms with Crippen LogP contribution < -0.4 is 14.8 Å². The Hall–Kier alpha value is -2.98.